The van der Waals surface area contributed by atoms with Crippen molar-refractivity contribution in [3.05, 3.63) is 28.3 Å². The summed E-state index contributed by atoms with van der Waals surface area (Å²) in [5.41, 5.74) is 1.91. The molecule has 3 nitrogen and oxygen atoms in total. The van der Waals surface area contributed by atoms with Crippen LogP contribution in [-0.4, -0.2) is 24.9 Å². The summed E-state index contributed by atoms with van der Waals surface area (Å²) in [4.78, 5) is 0. The molecule has 4 heteroatoms. The van der Waals surface area contributed by atoms with E-state index >= 15 is 0 Å². The fourth-order valence-corrected chi connectivity index (χ4v) is 2.07. The monoisotopic (exact) mass is 255 g/mol. The van der Waals surface area contributed by atoms with Crippen LogP contribution in [-0.2, 0) is 0 Å². The van der Waals surface area contributed by atoms with Crippen molar-refractivity contribution >= 4 is 11.6 Å². The van der Waals surface area contributed by atoms with Crippen LogP contribution in [0.1, 0.15) is 30.0 Å². The Bertz CT molecular complexity index is 405. The number of aliphatic hydroxyl groups excluding tert-OH is 1. The number of aryl methyl sites for hydroxylation is 1. The minimum atomic E-state index is -0.101. The van der Waals surface area contributed by atoms with Crippen LogP contribution in [0.4, 0.5) is 0 Å². The van der Waals surface area contributed by atoms with E-state index in [9.17, 15) is 5.11 Å². The van der Waals surface area contributed by atoms with Gasteiger partial charge in [-0.15, -0.1) is 0 Å². The number of rotatable bonds is 5. The van der Waals surface area contributed by atoms with Gasteiger partial charge in [0, 0.05) is 16.6 Å². The molecule has 94 valence electrons. The van der Waals surface area contributed by atoms with E-state index < -0.39 is 0 Å². The Hall–Kier alpha value is -0.770. The molecule has 0 aliphatic heterocycles. The average molecular weight is 256 g/mol. The third kappa shape index (κ3) is 2.92. The van der Waals surface area contributed by atoms with Crippen LogP contribution in [0.2, 0.25) is 5.02 Å². The van der Waals surface area contributed by atoms with Gasteiger partial charge in [0.2, 0.25) is 0 Å². The van der Waals surface area contributed by atoms with Gasteiger partial charge in [-0.1, -0.05) is 11.6 Å². The topological polar surface area (TPSA) is 41.5 Å². The van der Waals surface area contributed by atoms with Gasteiger partial charge in [-0.05, 0) is 37.5 Å². The molecule has 1 aliphatic carbocycles. The van der Waals surface area contributed by atoms with Crippen molar-refractivity contribution in [2.45, 2.75) is 31.8 Å². The summed E-state index contributed by atoms with van der Waals surface area (Å²) in [7, 11) is 1.64. The van der Waals surface area contributed by atoms with Gasteiger partial charge in [-0.3, -0.25) is 0 Å². The third-order valence-corrected chi connectivity index (χ3v) is 3.49. The lowest BCUT2D eigenvalue weighted by Crippen LogP contribution is -2.26. The molecule has 1 saturated carbocycles. The number of halogens is 1. The van der Waals surface area contributed by atoms with Crippen LogP contribution < -0.4 is 10.1 Å². The number of aliphatic hydroxyl groups is 1. The highest BCUT2D eigenvalue weighted by atomic mass is 35.5. The molecule has 1 aromatic rings. The summed E-state index contributed by atoms with van der Waals surface area (Å²) < 4.78 is 5.36. The maximum atomic E-state index is 9.48. The maximum Gasteiger partial charge on any atom is 0.124 e. The molecule has 1 aromatic carbocycles. The van der Waals surface area contributed by atoms with Crippen molar-refractivity contribution < 1.29 is 9.84 Å². The van der Waals surface area contributed by atoms with Crippen molar-refractivity contribution in [3.63, 3.8) is 0 Å². The Morgan fingerprint density at radius 3 is 2.76 bits per heavy atom. The molecule has 17 heavy (non-hydrogen) atoms. The fraction of sp³-hybridized carbons (Fsp3) is 0.538. The smallest absolute Gasteiger partial charge is 0.124 e. The third-order valence-electron chi connectivity index (χ3n) is 3.08. The molecule has 0 saturated heterocycles. The van der Waals surface area contributed by atoms with Crippen LogP contribution in [0.5, 0.6) is 5.75 Å². The van der Waals surface area contributed by atoms with Crippen LogP contribution in [0, 0.1) is 6.92 Å². The van der Waals surface area contributed by atoms with Crippen LogP contribution in [0.3, 0.4) is 0 Å². The highest BCUT2D eigenvalue weighted by Crippen LogP contribution is 2.33. The summed E-state index contributed by atoms with van der Waals surface area (Å²) in [6.45, 7) is 1.99. The molecular weight excluding hydrogens is 238 g/mol. The van der Waals surface area contributed by atoms with E-state index in [2.05, 4.69) is 5.32 Å². The first kappa shape index (κ1) is 12.7. The van der Waals surface area contributed by atoms with Crippen molar-refractivity contribution in [3.8, 4) is 5.75 Å². The van der Waals surface area contributed by atoms with Gasteiger partial charge in [0.1, 0.15) is 5.75 Å². The molecule has 1 aliphatic rings. The summed E-state index contributed by atoms with van der Waals surface area (Å²) in [6.07, 6.45) is 2.36. The van der Waals surface area contributed by atoms with E-state index in [0.29, 0.717) is 11.1 Å². The van der Waals surface area contributed by atoms with Gasteiger partial charge in [0.05, 0.1) is 19.8 Å². The van der Waals surface area contributed by atoms with E-state index in [0.717, 1.165) is 16.9 Å². The molecule has 0 bridgehead atoms. The Morgan fingerprint density at radius 1 is 1.53 bits per heavy atom. The van der Waals surface area contributed by atoms with Gasteiger partial charge in [0.25, 0.3) is 0 Å². The highest BCUT2D eigenvalue weighted by molar-refractivity contribution is 6.31. The summed E-state index contributed by atoms with van der Waals surface area (Å²) in [5, 5.41) is 13.6. The summed E-state index contributed by atoms with van der Waals surface area (Å²) in [5.74, 6) is 0.777. The number of benzene rings is 1. The molecule has 0 radical (unpaired) electrons. The zero-order valence-electron chi connectivity index (χ0n) is 10.2. The summed E-state index contributed by atoms with van der Waals surface area (Å²) >= 11 is 6.13. The minimum Gasteiger partial charge on any atom is -0.496 e. The lowest BCUT2D eigenvalue weighted by Gasteiger charge is -2.20. The van der Waals surface area contributed by atoms with Gasteiger partial charge in [-0.2, -0.15) is 0 Å². The van der Waals surface area contributed by atoms with E-state index in [1.807, 2.05) is 19.1 Å². The van der Waals surface area contributed by atoms with E-state index in [1.165, 1.54) is 12.8 Å². The normalized spacial score (nSPS) is 16.9. The van der Waals surface area contributed by atoms with Crippen LogP contribution in [0.15, 0.2) is 12.1 Å². The minimum absolute atomic E-state index is 0.0479. The Balaban J connectivity index is 2.29. The van der Waals surface area contributed by atoms with Crippen molar-refractivity contribution in [1.29, 1.82) is 0 Å². The first-order valence-electron chi connectivity index (χ1n) is 5.86. The lowest BCUT2D eigenvalue weighted by molar-refractivity contribution is 0.240. The average Bonchev–Trinajstić information content (AvgIpc) is 3.13. The molecule has 2 rings (SSSR count). The predicted octanol–water partition coefficient (Wildman–Crippen LogP) is 2.44. The Labute approximate surface area is 107 Å². The Morgan fingerprint density at radius 2 is 2.24 bits per heavy atom. The SMILES string of the molecule is COc1cc(C)c(Cl)cc1C(CO)NC1CC1. The van der Waals surface area contributed by atoms with E-state index in [1.54, 1.807) is 7.11 Å². The second-order valence-corrected chi connectivity index (χ2v) is 4.93. The second-order valence-electron chi connectivity index (χ2n) is 4.52. The quantitative estimate of drug-likeness (QED) is 0.849. The molecule has 0 spiro atoms. The van der Waals surface area contributed by atoms with Crippen molar-refractivity contribution in [2.24, 2.45) is 0 Å². The number of nitrogens with one attached hydrogen (secondary N) is 1. The molecule has 0 heterocycles. The number of methoxy groups -OCH3 is 1. The van der Waals surface area contributed by atoms with Crippen molar-refractivity contribution in [1.82, 2.24) is 5.32 Å². The van der Waals surface area contributed by atoms with Crippen LogP contribution >= 0.6 is 11.6 Å². The zero-order chi connectivity index (χ0) is 12.4. The molecule has 0 amide bonds. The van der Waals surface area contributed by atoms with Gasteiger partial charge >= 0.3 is 0 Å². The van der Waals surface area contributed by atoms with Gasteiger partial charge in [0.15, 0.2) is 0 Å². The first-order valence-corrected chi connectivity index (χ1v) is 6.24. The molecule has 1 fully saturated rings. The van der Waals surface area contributed by atoms with Crippen LogP contribution in [0.25, 0.3) is 0 Å². The molecule has 0 aromatic heterocycles. The molecule has 1 unspecified atom stereocenters. The lowest BCUT2D eigenvalue weighted by atomic mass is 10.0. The highest BCUT2D eigenvalue weighted by Gasteiger charge is 2.26. The predicted molar refractivity (Wildman–Crippen MR) is 68.7 cm³/mol. The largest absolute Gasteiger partial charge is 0.496 e. The molecule has 1 atom stereocenters. The number of hydrogen-bond acceptors (Lipinski definition) is 3. The number of hydrogen-bond donors (Lipinski definition) is 2. The zero-order valence-corrected chi connectivity index (χ0v) is 10.9. The van der Waals surface area contributed by atoms with Gasteiger partial charge < -0.3 is 15.2 Å². The molecule has 2 N–H and O–H groups in total. The second kappa shape index (κ2) is 5.25. The Kier molecular flexibility index (Phi) is 3.92. The first-order chi connectivity index (χ1) is 8.15. The van der Waals surface area contributed by atoms with Gasteiger partial charge in [-0.25, -0.2) is 0 Å². The maximum absolute atomic E-state index is 9.48. The summed E-state index contributed by atoms with van der Waals surface area (Å²) in [6, 6.07) is 4.22. The van der Waals surface area contributed by atoms with E-state index in [-0.39, 0.29) is 12.6 Å². The fourth-order valence-electron chi connectivity index (χ4n) is 1.89. The molecular formula is C13H18ClNO2. The standard InChI is InChI=1S/C13H18ClNO2/c1-8-5-13(17-2)10(6-11(8)14)12(7-16)15-9-3-4-9/h5-6,9,12,15-16H,3-4,7H2,1-2H3. The van der Waals surface area contributed by atoms with Crippen molar-refractivity contribution in [2.75, 3.05) is 13.7 Å². The van der Waals surface area contributed by atoms with E-state index in [4.69, 9.17) is 16.3 Å². The number of ether oxygens (including phenoxy) is 1.